The molecule has 0 aliphatic carbocycles. The molecule has 0 spiro atoms. The SMILES string of the molecule is O=C(Nc1cccc(Cl)c1)N1CCC[C@@H](OCc2ccccc2F)C1. The molecule has 2 amide bonds. The minimum absolute atomic E-state index is 0.0986. The maximum Gasteiger partial charge on any atom is 0.321 e. The molecule has 0 aromatic heterocycles. The van der Waals surface area contributed by atoms with Crippen LogP contribution in [0.15, 0.2) is 48.5 Å². The highest BCUT2D eigenvalue weighted by atomic mass is 35.5. The van der Waals surface area contributed by atoms with Gasteiger partial charge in [-0.3, -0.25) is 0 Å². The Morgan fingerprint density at radius 3 is 2.92 bits per heavy atom. The number of rotatable bonds is 4. The van der Waals surface area contributed by atoms with E-state index in [1.807, 2.05) is 0 Å². The Morgan fingerprint density at radius 1 is 1.28 bits per heavy atom. The van der Waals surface area contributed by atoms with Gasteiger partial charge in [0.15, 0.2) is 0 Å². The second-order valence-electron chi connectivity index (χ2n) is 6.05. The molecule has 1 saturated heterocycles. The number of halogens is 2. The predicted molar refractivity (Wildman–Crippen MR) is 96.3 cm³/mol. The first-order valence-corrected chi connectivity index (χ1v) is 8.66. The van der Waals surface area contributed by atoms with Crippen molar-refractivity contribution in [2.45, 2.75) is 25.6 Å². The smallest absolute Gasteiger partial charge is 0.321 e. The minimum Gasteiger partial charge on any atom is -0.372 e. The van der Waals surface area contributed by atoms with E-state index in [-0.39, 0.29) is 24.6 Å². The Balaban J connectivity index is 1.53. The molecule has 0 bridgehead atoms. The first-order chi connectivity index (χ1) is 12.1. The molecule has 0 unspecified atom stereocenters. The molecule has 1 aliphatic rings. The van der Waals surface area contributed by atoms with Gasteiger partial charge in [0.1, 0.15) is 5.82 Å². The number of urea groups is 1. The van der Waals surface area contributed by atoms with Gasteiger partial charge in [0.05, 0.1) is 12.7 Å². The summed E-state index contributed by atoms with van der Waals surface area (Å²) in [5.41, 5.74) is 1.19. The Labute approximate surface area is 151 Å². The minimum atomic E-state index is -0.270. The van der Waals surface area contributed by atoms with E-state index in [1.165, 1.54) is 6.07 Å². The van der Waals surface area contributed by atoms with Crippen molar-refractivity contribution in [1.29, 1.82) is 0 Å². The molecular weight excluding hydrogens is 343 g/mol. The van der Waals surface area contributed by atoms with E-state index < -0.39 is 0 Å². The molecule has 1 N–H and O–H groups in total. The van der Waals surface area contributed by atoms with Crippen LogP contribution in [-0.2, 0) is 11.3 Å². The van der Waals surface area contributed by atoms with Crippen LogP contribution in [0.1, 0.15) is 18.4 Å². The van der Waals surface area contributed by atoms with Crippen molar-refractivity contribution in [3.8, 4) is 0 Å². The molecule has 0 radical (unpaired) electrons. The zero-order valence-electron chi connectivity index (χ0n) is 13.8. The predicted octanol–water partition coefficient (Wildman–Crippen LogP) is 4.69. The monoisotopic (exact) mass is 362 g/mol. The van der Waals surface area contributed by atoms with E-state index in [4.69, 9.17) is 16.3 Å². The highest BCUT2D eigenvalue weighted by Crippen LogP contribution is 2.19. The molecule has 2 aromatic carbocycles. The number of carbonyl (C=O) groups excluding carboxylic acids is 1. The number of nitrogens with zero attached hydrogens (tertiary/aromatic N) is 1. The second-order valence-corrected chi connectivity index (χ2v) is 6.49. The molecule has 1 aliphatic heterocycles. The quantitative estimate of drug-likeness (QED) is 0.857. The van der Waals surface area contributed by atoms with E-state index >= 15 is 0 Å². The van der Waals surface area contributed by atoms with Crippen molar-refractivity contribution in [2.24, 2.45) is 0 Å². The maximum absolute atomic E-state index is 13.7. The number of piperidine rings is 1. The summed E-state index contributed by atoms with van der Waals surface area (Å²) < 4.78 is 19.5. The van der Waals surface area contributed by atoms with Crippen molar-refractivity contribution in [2.75, 3.05) is 18.4 Å². The van der Waals surface area contributed by atoms with E-state index in [0.29, 0.717) is 29.4 Å². The molecule has 132 valence electrons. The van der Waals surface area contributed by atoms with Gasteiger partial charge in [-0.1, -0.05) is 35.9 Å². The van der Waals surface area contributed by atoms with Gasteiger partial charge < -0.3 is 15.0 Å². The number of benzene rings is 2. The molecule has 1 atom stereocenters. The third kappa shape index (κ3) is 4.94. The van der Waals surface area contributed by atoms with Gasteiger partial charge in [-0.05, 0) is 37.1 Å². The van der Waals surface area contributed by atoms with Gasteiger partial charge in [0.2, 0.25) is 0 Å². The third-order valence-corrected chi connectivity index (χ3v) is 4.41. The van der Waals surface area contributed by atoms with E-state index in [0.717, 1.165) is 12.8 Å². The summed E-state index contributed by atoms with van der Waals surface area (Å²) in [5.74, 6) is -0.270. The highest BCUT2D eigenvalue weighted by molar-refractivity contribution is 6.30. The zero-order valence-corrected chi connectivity index (χ0v) is 14.5. The van der Waals surface area contributed by atoms with Gasteiger partial charge in [-0.15, -0.1) is 0 Å². The molecule has 2 aromatic rings. The Kier molecular flexibility index (Phi) is 5.89. The van der Waals surface area contributed by atoms with E-state index in [2.05, 4.69) is 5.32 Å². The Morgan fingerprint density at radius 2 is 2.12 bits per heavy atom. The number of amides is 2. The maximum atomic E-state index is 13.7. The number of ether oxygens (including phenoxy) is 1. The zero-order chi connectivity index (χ0) is 17.6. The van der Waals surface area contributed by atoms with Crippen LogP contribution in [0.3, 0.4) is 0 Å². The number of anilines is 1. The summed E-state index contributed by atoms with van der Waals surface area (Å²) in [4.78, 5) is 14.1. The molecule has 6 heteroatoms. The summed E-state index contributed by atoms with van der Waals surface area (Å²) in [6, 6.07) is 13.4. The fourth-order valence-corrected chi connectivity index (χ4v) is 3.04. The van der Waals surface area contributed by atoms with Crippen molar-refractivity contribution < 1.29 is 13.9 Å². The fourth-order valence-electron chi connectivity index (χ4n) is 2.85. The summed E-state index contributed by atoms with van der Waals surface area (Å²) in [6.45, 7) is 1.37. The Hall–Kier alpha value is -2.11. The fraction of sp³-hybridized carbons (Fsp3) is 0.316. The average Bonchev–Trinajstić information content (AvgIpc) is 2.61. The lowest BCUT2D eigenvalue weighted by atomic mass is 10.1. The Bertz CT molecular complexity index is 741. The number of likely N-dealkylation sites (tertiary alicyclic amines) is 1. The molecule has 0 saturated carbocycles. The molecular formula is C19H20ClFN2O2. The van der Waals surface area contributed by atoms with Gasteiger partial charge >= 0.3 is 6.03 Å². The molecule has 25 heavy (non-hydrogen) atoms. The van der Waals surface area contributed by atoms with Crippen LogP contribution in [0.5, 0.6) is 0 Å². The van der Waals surface area contributed by atoms with Crippen molar-refractivity contribution in [3.63, 3.8) is 0 Å². The van der Waals surface area contributed by atoms with Crippen molar-refractivity contribution >= 4 is 23.3 Å². The van der Waals surface area contributed by atoms with Gasteiger partial charge in [0.25, 0.3) is 0 Å². The lowest BCUT2D eigenvalue weighted by Gasteiger charge is -2.32. The van der Waals surface area contributed by atoms with Crippen LogP contribution < -0.4 is 5.32 Å². The van der Waals surface area contributed by atoms with E-state index in [9.17, 15) is 9.18 Å². The van der Waals surface area contributed by atoms with Gasteiger partial charge in [0, 0.05) is 29.4 Å². The van der Waals surface area contributed by atoms with Crippen LogP contribution in [-0.4, -0.2) is 30.1 Å². The van der Waals surface area contributed by atoms with Gasteiger partial charge in [-0.25, -0.2) is 9.18 Å². The van der Waals surface area contributed by atoms with Crippen LogP contribution in [0, 0.1) is 5.82 Å². The molecule has 4 nitrogen and oxygen atoms in total. The summed E-state index contributed by atoms with van der Waals surface area (Å²) in [5, 5.41) is 3.41. The van der Waals surface area contributed by atoms with Crippen molar-refractivity contribution in [3.05, 3.63) is 64.9 Å². The highest BCUT2D eigenvalue weighted by Gasteiger charge is 2.24. The number of hydrogen-bond donors (Lipinski definition) is 1. The molecule has 3 rings (SSSR count). The number of nitrogens with one attached hydrogen (secondary N) is 1. The van der Waals surface area contributed by atoms with Crippen LogP contribution >= 0.6 is 11.6 Å². The normalized spacial score (nSPS) is 17.4. The number of hydrogen-bond acceptors (Lipinski definition) is 2. The van der Waals surface area contributed by atoms with Crippen LogP contribution in [0.2, 0.25) is 5.02 Å². The average molecular weight is 363 g/mol. The summed E-state index contributed by atoms with van der Waals surface area (Å²) in [6.07, 6.45) is 1.61. The topological polar surface area (TPSA) is 41.6 Å². The largest absolute Gasteiger partial charge is 0.372 e. The lowest BCUT2D eigenvalue weighted by Crippen LogP contribution is -2.45. The summed E-state index contributed by atoms with van der Waals surface area (Å²) in [7, 11) is 0. The van der Waals surface area contributed by atoms with E-state index in [1.54, 1.807) is 47.4 Å². The van der Waals surface area contributed by atoms with Crippen molar-refractivity contribution in [1.82, 2.24) is 4.90 Å². The molecule has 1 fully saturated rings. The molecule has 1 heterocycles. The lowest BCUT2D eigenvalue weighted by molar-refractivity contribution is -0.0000421. The summed E-state index contributed by atoms with van der Waals surface area (Å²) >= 11 is 5.93. The third-order valence-electron chi connectivity index (χ3n) is 4.17. The van der Waals surface area contributed by atoms with Crippen LogP contribution in [0.25, 0.3) is 0 Å². The first kappa shape index (κ1) is 17.7. The number of carbonyl (C=O) groups is 1. The first-order valence-electron chi connectivity index (χ1n) is 8.28. The second kappa shape index (κ2) is 8.32. The standard InChI is InChI=1S/C19H20ClFN2O2/c20-15-6-3-7-16(11-15)22-19(24)23-10-4-8-17(12-23)25-13-14-5-1-2-9-18(14)21/h1-3,5-7,9,11,17H,4,8,10,12-13H2,(H,22,24)/t17-/m1/s1. The van der Waals surface area contributed by atoms with Gasteiger partial charge in [-0.2, -0.15) is 0 Å². The van der Waals surface area contributed by atoms with Crippen LogP contribution in [0.4, 0.5) is 14.9 Å².